The van der Waals surface area contributed by atoms with Crippen LogP contribution in [0.3, 0.4) is 0 Å². The first-order chi connectivity index (χ1) is 13.3. The van der Waals surface area contributed by atoms with Crippen molar-refractivity contribution in [3.05, 3.63) is 41.8 Å². The van der Waals surface area contributed by atoms with Gasteiger partial charge in [-0.05, 0) is 43.5 Å². The summed E-state index contributed by atoms with van der Waals surface area (Å²) in [7, 11) is 0. The van der Waals surface area contributed by atoms with E-state index in [1.165, 1.54) is 12.7 Å². The van der Waals surface area contributed by atoms with Gasteiger partial charge < -0.3 is 15.2 Å². The maximum atomic E-state index is 12.8. The smallest absolute Gasteiger partial charge is 0.270 e. The van der Waals surface area contributed by atoms with Gasteiger partial charge in [-0.15, -0.1) is 11.3 Å². The van der Waals surface area contributed by atoms with Gasteiger partial charge in [0.05, 0.1) is 21.1 Å². The van der Waals surface area contributed by atoms with Gasteiger partial charge in [-0.2, -0.15) is 0 Å². The summed E-state index contributed by atoms with van der Waals surface area (Å²) >= 11 is 1.60. The van der Waals surface area contributed by atoms with Crippen LogP contribution in [0, 0.1) is 0 Å². The predicted octanol–water partition coefficient (Wildman–Crippen LogP) is 3.94. The van der Waals surface area contributed by atoms with Crippen LogP contribution in [0.25, 0.3) is 21.3 Å². The predicted molar refractivity (Wildman–Crippen MR) is 107 cm³/mol. The van der Waals surface area contributed by atoms with Gasteiger partial charge in [0, 0.05) is 18.8 Å². The van der Waals surface area contributed by atoms with Crippen LogP contribution >= 0.6 is 11.3 Å². The second-order valence-corrected chi connectivity index (χ2v) is 7.57. The molecule has 1 aromatic carbocycles. The maximum absolute atomic E-state index is 12.8. The van der Waals surface area contributed by atoms with Crippen LogP contribution < -0.4 is 5.32 Å². The molecule has 1 saturated heterocycles. The fourth-order valence-electron chi connectivity index (χ4n) is 3.49. The van der Waals surface area contributed by atoms with Crippen molar-refractivity contribution in [1.29, 1.82) is 0 Å². The van der Waals surface area contributed by atoms with Crippen molar-refractivity contribution in [3.8, 4) is 0 Å². The molecule has 136 valence electrons. The van der Waals surface area contributed by atoms with E-state index in [2.05, 4.69) is 25.3 Å². The van der Waals surface area contributed by atoms with E-state index in [1.54, 1.807) is 11.3 Å². The lowest BCUT2D eigenvalue weighted by Gasteiger charge is -2.26. The number of amides is 1. The number of carbonyl (C=O) groups excluding carboxylic acids is 1. The molecule has 27 heavy (non-hydrogen) atoms. The van der Waals surface area contributed by atoms with Gasteiger partial charge in [0.2, 0.25) is 0 Å². The summed E-state index contributed by atoms with van der Waals surface area (Å²) in [6.45, 7) is 1.64. The van der Waals surface area contributed by atoms with Crippen LogP contribution in [-0.4, -0.2) is 43.8 Å². The second-order valence-electron chi connectivity index (χ2n) is 6.68. The number of carbonyl (C=O) groups is 1. The Bertz CT molecular complexity index is 1130. The molecule has 1 aliphatic rings. The number of likely N-dealkylation sites (tertiary alicyclic amines) is 1. The maximum Gasteiger partial charge on any atom is 0.270 e. The lowest BCUT2D eigenvalue weighted by atomic mass is 10.1. The van der Waals surface area contributed by atoms with E-state index in [9.17, 15) is 4.79 Å². The highest BCUT2D eigenvalue weighted by Crippen LogP contribution is 2.27. The quantitative estimate of drug-likeness (QED) is 0.564. The van der Waals surface area contributed by atoms with Gasteiger partial charge >= 0.3 is 0 Å². The molecule has 4 aromatic rings. The van der Waals surface area contributed by atoms with Gasteiger partial charge in [-0.3, -0.25) is 4.79 Å². The number of piperidine rings is 1. The minimum atomic E-state index is 0.0322. The molecule has 0 radical (unpaired) electrons. The first-order valence-electron chi connectivity index (χ1n) is 9.01. The Kier molecular flexibility index (Phi) is 3.97. The van der Waals surface area contributed by atoms with Crippen LogP contribution in [0.4, 0.5) is 11.5 Å². The van der Waals surface area contributed by atoms with Crippen molar-refractivity contribution in [3.63, 3.8) is 0 Å². The summed E-state index contributed by atoms with van der Waals surface area (Å²) in [6, 6.07) is 7.85. The van der Waals surface area contributed by atoms with E-state index in [0.29, 0.717) is 17.2 Å². The van der Waals surface area contributed by atoms with Crippen molar-refractivity contribution < 1.29 is 4.79 Å². The molecule has 3 aromatic heterocycles. The molecule has 1 fully saturated rings. The van der Waals surface area contributed by atoms with Crippen LogP contribution in [0.5, 0.6) is 0 Å². The van der Waals surface area contributed by atoms with E-state index in [-0.39, 0.29) is 5.91 Å². The number of aromatic nitrogens is 4. The first kappa shape index (κ1) is 16.2. The number of hydrogen-bond acceptors (Lipinski definition) is 6. The first-order valence-corrected chi connectivity index (χ1v) is 9.89. The van der Waals surface area contributed by atoms with Crippen LogP contribution in [0.2, 0.25) is 0 Å². The Morgan fingerprint density at radius 3 is 2.89 bits per heavy atom. The number of benzene rings is 1. The minimum absolute atomic E-state index is 0.0322. The zero-order chi connectivity index (χ0) is 18.2. The Balaban J connectivity index is 1.47. The standard InChI is InChI=1S/C19H18N6OS/c26-19(25-6-2-1-3-7-25)15-9-13-17(20-10-21-18(13)24-15)23-12-4-5-14-16(8-12)27-11-22-14/h4-5,8-11H,1-3,6-7H2,(H2,20,21,23,24). The highest BCUT2D eigenvalue weighted by molar-refractivity contribution is 7.16. The molecule has 1 amide bonds. The van der Waals surface area contributed by atoms with Gasteiger partial charge in [-0.25, -0.2) is 15.0 Å². The molecule has 0 aliphatic carbocycles. The van der Waals surface area contributed by atoms with E-state index < -0.39 is 0 Å². The molecule has 0 spiro atoms. The molecule has 0 bridgehead atoms. The van der Waals surface area contributed by atoms with Crippen LogP contribution in [-0.2, 0) is 0 Å². The van der Waals surface area contributed by atoms with E-state index in [0.717, 1.165) is 47.2 Å². The second kappa shape index (κ2) is 6.62. The zero-order valence-corrected chi connectivity index (χ0v) is 15.4. The van der Waals surface area contributed by atoms with Crippen LogP contribution in [0.1, 0.15) is 29.8 Å². The Hall–Kier alpha value is -3.00. The molecule has 5 rings (SSSR count). The van der Waals surface area contributed by atoms with Crippen molar-refractivity contribution in [2.24, 2.45) is 0 Å². The molecule has 0 unspecified atom stereocenters. The number of H-pyrrole nitrogens is 1. The monoisotopic (exact) mass is 378 g/mol. The van der Waals surface area contributed by atoms with Crippen LogP contribution in [0.15, 0.2) is 36.1 Å². The number of rotatable bonds is 3. The molecule has 7 nitrogen and oxygen atoms in total. The molecular formula is C19H18N6OS. The van der Waals surface area contributed by atoms with Gasteiger partial charge in [0.15, 0.2) is 0 Å². The van der Waals surface area contributed by atoms with Crippen molar-refractivity contribution in [2.75, 3.05) is 18.4 Å². The molecule has 1 aliphatic heterocycles. The lowest BCUT2D eigenvalue weighted by molar-refractivity contribution is 0.0719. The molecule has 0 saturated carbocycles. The van der Waals surface area contributed by atoms with Crippen molar-refractivity contribution in [2.45, 2.75) is 19.3 Å². The van der Waals surface area contributed by atoms with Gasteiger partial charge in [0.25, 0.3) is 5.91 Å². The minimum Gasteiger partial charge on any atom is -0.340 e. The number of aromatic amines is 1. The Morgan fingerprint density at radius 1 is 1.11 bits per heavy atom. The third kappa shape index (κ3) is 3.02. The number of anilines is 2. The molecule has 0 atom stereocenters. The summed E-state index contributed by atoms with van der Waals surface area (Å²) in [5.41, 5.74) is 4.97. The third-order valence-corrected chi connectivity index (χ3v) is 5.69. The summed E-state index contributed by atoms with van der Waals surface area (Å²) in [4.78, 5) is 30.8. The average Bonchev–Trinajstić information content (AvgIpc) is 3.35. The van der Waals surface area contributed by atoms with Gasteiger partial charge in [-0.1, -0.05) is 0 Å². The molecule has 2 N–H and O–H groups in total. The molecule has 4 heterocycles. The van der Waals surface area contributed by atoms with E-state index in [4.69, 9.17) is 0 Å². The largest absolute Gasteiger partial charge is 0.340 e. The number of nitrogens with one attached hydrogen (secondary N) is 2. The fourth-order valence-corrected chi connectivity index (χ4v) is 4.21. The highest BCUT2D eigenvalue weighted by Gasteiger charge is 2.21. The molecular weight excluding hydrogens is 360 g/mol. The third-order valence-electron chi connectivity index (χ3n) is 4.89. The number of fused-ring (bicyclic) bond motifs is 2. The normalized spacial score (nSPS) is 14.7. The van der Waals surface area contributed by atoms with E-state index >= 15 is 0 Å². The van der Waals surface area contributed by atoms with Crippen molar-refractivity contribution >= 4 is 50.0 Å². The number of thiazole rings is 1. The average molecular weight is 378 g/mol. The Labute approximate surface area is 159 Å². The Morgan fingerprint density at radius 2 is 2.00 bits per heavy atom. The topological polar surface area (TPSA) is 86.8 Å². The van der Waals surface area contributed by atoms with E-state index in [1.807, 2.05) is 34.7 Å². The lowest BCUT2D eigenvalue weighted by Crippen LogP contribution is -2.35. The molecule has 8 heteroatoms. The number of nitrogens with zero attached hydrogens (tertiary/aromatic N) is 4. The summed E-state index contributed by atoms with van der Waals surface area (Å²) < 4.78 is 1.11. The van der Waals surface area contributed by atoms with Gasteiger partial charge in [0.1, 0.15) is 23.5 Å². The fraction of sp³-hybridized carbons (Fsp3) is 0.263. The SMILES string of the molecule is O=C(c1cc2c(Nc3ccc4ncsc4c3)ncnc2[nH]1)N1CCCCC1. The zero-order valence-electron chi connectivity index (χ0n) is 14.6. The summed E-state index contributed by atoms with van der Waals surface area (Å²) in [6.07, 6.45) is 4.83. The summed E-state index contributed by atoms with van der Waals surface area (Å²) in [5, 5.41) is 4.15. The summed E-state index contributed by atoms with van der Waals surface area (Å²) in [5.74, 6) is 0.711. The highest BCUT2D eigenvalue weighted by atomic mass is 32.1. The van der Waals surface area contributed by atoms with Crippen molar-refractivity contribution in [1.82, 2.24) is 24.8 Å². The number of hydrogen-bond donors (Lipinski definition) is 2.